The van der Waals surface area contributed by atoms with Crippen LogP contribution in [0.4, 0.5) is 5.69 Å². The van der Waals surface area contributed by atoms with E-state index in [1.165, 1.54) is 11.3 Å². The highest BCUT2D eigenvalue weighted by molar-refractivity contribution is 6.30. The smallest absolute Gasteiger partial charge is 0.0408 e. The molecule has 3 rings (SSSR count). The maximum Gasteiger partial charge on any atom is 0.0408 e. The molecule has 21 heavy (non-hydrogen) atoms. The molecule has 1 heterocycles. The van der Waals surface area contributed by atoms with Crippen molar-refractivity contribution < 1.29 is 0 Å². The Hall–Kier alpha value is -1.51. The van der Waals surface area contributed by atoms with Crippen LogP contribution in [-0.4, -0.2) is 19.1 Å². The lowest BCUT2D eigenvalue weighted by Gasteiger charge is -2.38. The summed E-state index contributed by atoms with van der Waals surface area (Å²) in [4.78, 5) is 2.41. The van der Waals surface area contributed by atoms with Crippen molar-refractivity contribution in [2.24, 2.45) is 11.7 Å². The molecule has 2 aromatic rings. The van der Waals surface area contributed by atoms with Crippen LogP contribution in [0, 0.1) is 5.92 Å². The number of hydrogen-bond donors (Lipinski definition) is 1. The van der Waals surface area contributed by atoms with Gasteiger partial charge in [0.05, 0.1) is 0 Å². The minimum Gasteiger partial charge on any atom is -0.370 e. The number of rotatable bonds is 3. The minimum atomic E-state index is 0.239. The summed E-state index contributed by atoms with van der Waals surface area (Å²) in [6.07, 6.45) is 2.12. The zero-order chi connectivity index (χ0) is 14.7. The van der Waals surface area contributed by atoms with Crippen LogP contribution in [0.2, 0.25) is 5.02 Å². The van der Waals surface area contributed by atoms with E-state index in [9.17, 15) is 0 Å². The molecule has 0 bridgehead atoms. The summed E-state index contributed by atoms with van der Waals surface area (Å²) in [6, 6.07) is 18.9. The van der Waals surface area contributed by atoms with Crippen LogP contribution in [0.5, 0.6) is 0 Å². The van der Waals surface area contributed by atoms with Gasteiger partial charge in [-0.15, -0.1) is 0 Å². The number of para-hydroxylation sites is 1. The Labute approximate surface area is 131 Å². The second kappa shape index (κ2) is 6.50. The van der Waals surface area contributed by atoms with Crippen molar-refractivity contribution in [3.05, 3.63) is 65.2 Å². The number of halogens is 1. The molecule has 1 aliphatic rings. The predicted octanol–water partition coefficient (Wildman–Crippen LogP) is 3.74. The molecule has 0 radical (unpaired) electrons. The predicted molar refractivity (Wildman–Crippen MR) is 89.9 cm³/mol. The van der Waals surface area contributed by atoms with E-state index in [1.807, 2.05) is 12.1 Å². The van der Waals surface area contributed by atoms with E-state index in [0.29, 0.717) is 5.92 Å². The highest BCUT2D eigenvalue weighted by Crippen LogP contribution is 2.25. The van der Waals surface area contributed by atoms with Gasteiger partial charge in [0, 0.05) is 29.8 Å². The molecule has 2 nitrogen and oxygen atoms in total. The van der Waals surface area contributed by atoms with Gasteiger partial charge < -0.3 is 10.6 Å². The van der Waals surface area contributed by atoms with Gasteiger partial charge in [-0.05, 0) is 48.6 Å². The highest BCUT2D eigenvalue weighted by Gasteiger charge is 2.25. The Morgan fingerprint density at radius 3 is 2.62 bits per heavy atom. The lowest BCUT2D eigenvalue weighted by atomic mass is 9.89. The van der Waals surface area contributed by atoms with Crippen LogP contribution >= 0.6 is 11.6 Å². The summed E-state index contributed by atoms with van der Waals surface area (Å²) in [6.45, 7) is 2.00. The number of nitrogens with zero attached hydrogens (tertiary/aromatic N) is 1. The van der Waals surface area contributed by atoms with E-state index in [0.717, 1.165) is 31.0 Å². The lowest BCUT2D eigenvalue weighted by molar-refractivity contribution is 0.374. The molecule has 0 aromatic heterocycles. The van der Waals surface area contributed by atoms with Crippen LogP contribution in [-0.2, 0) is 6.42 Å². The minimum absolute atomic E-state index is 0.239. The van der Waals surface area contributed by atoms with Gasteiger partial charge >= 0.3 is 0 Å². The largest absolute Gasteiger partial charge is 0.370 e. The summed E-state index contributed by atoms with van der Waals surface area (Å²) in [5.74, 6) is 0.576. The van der Waals surface area contributed by atoms with E-state index in [1.54, 1.807) is 0 Å². The van der Waals surface area contributed by atoms with Gasteiger partial charge in [0.2, 0.25) is 0 Å². The van der Waals surface area contributed by atoms with Crippen molar-refractivity contribution in [2.75, 3.05) is 18.0 Å². The molecule has 2 aromatic carbocycles. The molecule has 3 heteroatoms. The first-order chi connectivity index (χ1) is 10.2. The number of nitrogens with two attached hydrogens (primary N) is 1. The van der Waals surface area contributed by atoms with Crippen LogP contribution in [0.3, 0.4) is 0 Å². The fraction of sp³-hybridized carbons (Fsp3) is 0.333. The number of piperidine rings is 1. The van der Waals surface area contributed by atoms with Crippen molar-refractivity contribution in [3.63, 3.8) is 0 Å². The number of anilines is 1. The maximum absolute atomic E-state index is 6.27. The zero-order valence-electron chi connectivity index (χ0n) is 12.1. The molecular formula is C18H21ClN2. The molecule has 2 N–H and O–H groups in total. The van der Waals surface area contributed by atoms with E-state index in [4.69, 9.17) is 17.3 Å². The summed E-state index contributed by atoms with van der Waals surface area (Å²) < 4.78 is 0. The van der Waals surface area contributed by atoms with Crippen molar-refractivity contribution in [1.29, 1.82) is 0 Å². The fourth-order valence-corrected chi connectivity index (χ4v) is 3.45. The standard InChI is InChI=1S/C18H21ClN2/c19-16-6-4-5-14(10-16)9-15-11-17(20)13-21(12-15)18-7-2-1-3-8-18/h1-8,10,15,17H,9,11-13,20H2. The number of hydrogen-bond acceptors (Lipinski definition) is 2. The van der Waals surface area contributed by atoms with Crippen molar-refractivity contribution in [2.45, 2.75) is 18.9 Å². The van der Waals surface area contributed by atoms with Gasteiger partial charge in [-0.25, -0.2) is 0 Å². The van der Waals surface area contributed by atoms with Gasteiger partial charge in [0.1, 0.15) is 0 Å². The van der Waals surface area contributed by atoms with Crippen molar-refractivity contribution >= 4 is 17.3 Å². The monoisotopic (exact) mass is 300 g/mol. The van der Waals surface area contributed by atoms with Crippen molar-refractivity contribution in [3.8, 4) is 0 Å². The molecule has 0 amide bonds. The molecule has 0 saturated carbocycles. The van der Waals surface area contributed by atoms with Crippen molar-refractivity contribution in [1.82, 2.24) is 0 Å². The fourth-order valence-electron chi connectivity index (χ4n) is 3.24. The quantitative estimate of drug-likeness (QED) is 0.936. The molecule has 2 unspecified atom stereocenters. The lowest BCUT2D eigenvalue weighted by Crippen LogP contribution is -2.47. The summed E-state index contributed by atoms with van der Waals surface area (Å²) in [5, 5.41) is 0.813. The molecule has 2 atom stereocenters. The van der Waals surface area contributed by atoms with Gasteiger partial charge in [0.25, 0.3) is 0 Å². The van der Waals surface area contributed by atoms with Crippen LogP contribution in [0.25, 0.3) is 0 Å². The Kier molecular flexibility index (Phi) is 4.47. The topological polar surface area (TPSA) is 29.3 Å². The average molecular weight is 301 g/mol. The van der Waals surface area contributed by atoms with E-state index >= 15 is 0 Å². The number of benzene rings is 2. The first-order valence-electron chi connectivity index (χ1n) is 7.51. The molecule has 0 aliphatic carbocycles. The second-order valence-corrected chi connectivity index (χ2v) is 6.37. The Morgan fingerprint density at radius 1 is 1.05 bits per heavy atom. The zero-order valence-corrected chi connectivity index (χ0v) is 12.8. The Bertz CT molecular complexity index is 585. The maximum atomic E-state index is 6.27. The molecule has 110 valence electrons. The molecule has 1 fully saturated rings. The first kappa shape index (κ1) is 14.4. The third-order valence-corrected chi connectivity index (χ3v) is 4.34. The third-order valence-electron chi connectivity index (χ3n) is 4.10. The van der Waals surface area contributed by atoms with Gasteiger partial charge in [-0.3, -0.25) is 0 Å². The Morgan fingerprint density at radius 2 is 1.86 bits per heavy atom. The van der Waals surface area contributed by atoms with Gasteiger partial charge in [-0.1, -0.05) is 41.9 Å². The summed E-state index contributed by atoms with van der Waals surface area (Å²) >= 11 is 6.08. The second-order valence-electron chi connectivity index (χ2n) is 5.94. The van der Waals surface area contributed by atoms with E-state index in [2.05, 4.69) is 47.4 Å². The third kappa shape index (κ3) is 3.78. The van der Waals surface area contributed by atoms with Gasteiger partial charge in [0.15, 0.2) is 0 Å². The SMILES string of the molecule is NC1CC(Cc2cccc(Cl)c2)CN(c2ccccc2)C1. The summed E-state index contributed by atoms with van der Waals surface area (Å²) in [7, 11) is 0. The molecule has 1 aliphatic heterocycles. The van der Waals surface area contributed by atoms with Crippen LogP contribution < -0.4 is 10.6 Å². The van der Waals surface area contributed by atoms with E-state index in [-0.39, 0.29) is 6.04 Å². The summed E-state index contributed by atoms with van der Waals surface area (Å²) in [5.41, 5.74) is 8.84. The molecule has 1 saturated heterocycles. The van der Waals surface area contributed by atoms with Gasteiger partial charge in [-0.2, -0.15) is 0 Å². The van der Waals surface area contributed by atoms with Crippen LogP contribution in [0.1, 0.15) is 12.0 Å². The first-order valence-corrected chi connectivity index (χ1v) is 7.88. The highest BCUT2D eigenvalue weighted by atomic mass is 35.5. The normalized spacial score (nSPS) is 22.3. The molecule has 0 spiro atoms. The van der Waals surface area contributed by atoms with E-state index < -0.39 is 0 Å². The average Bonchev–Trinajstić information content (AvgIpc) is 2.47. The Balaban J connectivity index is 1.71. The van der Waals surface area contributed by atoms with Crippen LogP contribution in [0.15, 0.2) is 54.6 Å². The molecular weight excluding hydrogens is 280 g/mol.